The second-order valence-corrected chi connectivity index (χ2v) is 7.17. The summed E-state index contributed by atoms with van der Waals surface area (Å²) < 4.78 is 12.5. The molecule has 1 saturated heterocycles. The van der Waals surface area contributed by atoms with E-state index in [0.717, 1.165) is 0 Å². The SMILES string of the molecule is O=C(O[C@@H](C(=O)N1CCOCC1)c1ccccc1)c1c(Cl)nc2sccn12. The maximum Gasteiger partial charge on any atom is 0.359 e. The Morgan fingerprint density at radius 1 is 1.22 bits per heavy atom. The van der Waals surface area contributed by atoms with Crippen molar-refractivity contribution >= 4 is 39.8 Å². The van der Waals surface area contributed by atoms with Gasteiger partial charge in [-0.05, 0) is 0 Å². The third kappa shape index (κ3) is 3.55. The van der Waals surface area contributed by atoms with Gasteiger partial charge in [-0.2, -0.15) is 0 Å². The van der Waals surface area contributed by atoms with Gasteiger partial charge in [0.25, 0.3) is 5.91 Å². The quantitative estimate of drug-likeness (QED) is 0.624. The Balaban J connectivity index is 1.64. The van der Waals surface area contributed by atoms with E-state index in [0.29, 0.717) is 36.8 Å². The molecule has 3 heterocycles. The molecule has 27 heavy (non-hydrogen) atoms. The number of carbonyl (C=O) groups excluding carboxylic acids is 2. The molecule has 0 N–H and O–H groups in total. The van der Waals surface area contributed by atoms with Crippen LogP contribution in [0.5, 0.6) is 0 Å². The molecule has 1 aliphatic rings. The first-order chi connectivity index (χ1) is 13.1. The molecule has 0 radical (unpaired) electrons. The van der Waals surface area contributed by atoms with Crippen molar-refractivity contribution in [2.45, 2.75) is 6.10 Å². The zero-order chi connectivity index (χ0) is 18.8. The van der Waals surface area contributed by atoms with Gasteiger partial charge in [0.2, 0.25) is 6.10 Å². The predicted octanol–water partition coefficient (Wildman–Crippen LogP) is 2.81. The third-order valence-electron chi connectivity index (χ3n) is 4.29. The molecule has 1 aliphatic heterocycles. The van der Waals surface area contributed by atoms with Crippen LogP contribution in [0.4, 0.5) is 0 Å². The maximum atomic E-state index is 13.0. The van der Waals surface area contributed by atoms with Gasteiger partial charge in [0.1, 0.15) is 0 Å². The summed E-state index contributed by atoms with van der Waals surface area (Å²) in [7, 11) is 0. The van der Waals surface area contributed by atoms with Crippen LogP contribution in [0.25, 0.3) is 4.96 Å². The standard InChI is InChI=1S/C18H16ClN3O4S/c19-15-13(22-8-11-27-18(22)20-15)17(24)26-14(12-4-2-1-3-5-12)16(23)21-6-9-25-10-7-21/h1-5,8,11,14H,6-7,9-10H2/t14-/m1/s1. The number of fused-ring (bicyclic) bond motifs is 1. The smallest absolute Gasteiger partial charge is 0.359 e. The zero-order valence-corrected chi connectivity index (χ0v) is 15.8. The molecule has 7 nitrogen and oxygen atoms in total. The number of esters is 1. The highest BCUT2D eigenvalue weighted by Gasteiger charge is 2.32. The van der Waals surface area contributed by atoms with E-state index in [2.05, 4.69) is 4.98 Å². The van der Waals surface area contributed by atoms with E-state index in [1.54, 1.807) is 45.1 Å². The predicted molar refractivity (Wildman–Crippen MR) is 100 cm³/mol. The Bertz CT molecular complexity index is 966. The van der Waals surface area contributed by atoms with E-state index in [-0.39, 0.29) is 16.8 Å². The van der Waals surface area contributed by atoms with Crippen molar-refractivity contribution in [3.05, 3.63) is 58.3 Å². The minimum atomic E-state index is -1.06. The van der Waals surface area contributed by atoms with Gasteiger partial charge in [0, 0.05) is 30.2 Å². The van der Waals surface area contributed by atoms with Gasteiger partial charge in [0.15, 0.2) is 15.8 Å². The maximum absolute atomic E-state index is 13.0. The number of carbonyl (C=O) groups is 2. The second kappa shape index (κ2) is 7.67. The van der Waals surface area contributed by atoms with Gasteiger partial charge in [-0.25, -0.2) is 9.78 Å². The average molecular weight is 406 g/mol. The molecule has 140 valence electrons. The number of imidazole rings is 1. The van der Waals surface area contributed by atoms with Crippen LogP contribution in [0.2, 0.25) is 5.15 Å². The molecular weight excluding hydrogens is 390 g/mol. The summed E-state index contributed by atoms with van der Waals surface area (Å²) in [4.78, 5) is 32.3. The molecule has 1 fully saturated rings. The van der Waals surface area contributed by atoms with Gasteiger partial charge >= 0.3 is 5.97 Å². The molecular formula is C18H16ClN3O4S. The molecule has 9 heteroatoms. The summed E-state index contributed by atoms with van der Waals surface area (Å²) in [5, 5.41) is 1.85. The van der Waals surface area contributed by atoms with Crippen LogP contribution in [0.3, 0.4) is 0 Å². The fourth-order valence-electron chi connectivity index (χ4n) is 2.94. The molecule has 0 bridgehead atoms. The number of hydrogen-bond acceptors (Lipinski definition) is 6. The molecule has 1 aromatic carbocycles. The molecule has 3 aromatic rings. The van der Waals surface area contributed by atoms with Crippen molar-refractivity contribution in [2.75, 3.05) is 26.3 Å². The molecule has 1 atom stereocenters. The summed E-state index contributed by atoms with van der Waals surface area (Å²) in [5.41, 5.74) is 0.716. The van der Waals surface area contributed by atoms with Gasteiger partial charge < -0.3 is 14.4 Å². The van der Waals surface area contributed by atoms with E-state index >= 15 is 0 Å². The minimum Gasteiger partial charge on any atom is -0.443 e. The van der Waals surface area contributed by atoms with E-state index < -0.39 is 12.1 Å². The van der Waals surface area contributed by atoms with Crippen molar-refractivity contribution in [1.82, 2.24) is 14.3 Å². The number of rotatable bonds is 4. The summed E-state index contributed by atoms with van der Waals surface area (Å²) in [6.07, 6.45) is 0.633. The summed E-state index contributed by atoms with van der Waals surface area (Å²) in [5.74, 6) is -0.971. The Morgan fingerprint density at radius 2 is 1.96 bits per heavy atom. The molecule has 4 rings (SSSR count). The molecule has 2 aromatic heterocycles. The Labute approximate surface area is 164 Å². The van der Waals surface area contributed by atoms with Crippen molar-refractivity contribution in [3.8, 4) is 0 Å². The first kappa shape index (κ1) is 18.0. The van der Waals surface area contributed by atoms with Crippen molar-refractivity contribution in [3.63, 3.8) is 0 Å². The van der Waals surface area contributed by atoms with Crippen LogP contribution in [-0.2, 0) is 14.3 Å². The lowest BCUT2D eigenvalue weighted by atomic mass is 10.1. The minimum absolute atomic E-state index is 0.0532. The lowest BCUT2D eigenvalue weighted by Gasteiger charge is -2.30. The van der Waals surface area contributed by atoms with Gasteiger partial charge in [-0.1, -0.05) is 41.9 Å². The zero-order valence-electron chi connectivity index (χ0n) is 14.2. The van der Waals surface area contributed by atoms with Crippen LogP contribution in [0.1, 0.15) is 22.2 Å². The lowest BCUT2D eigenvalue weighted by Crippen LogP contribution is -2.44. The summed E-state index contributed by atoms with van der Waals surface area (Å²) in [6, 6.07) is 8.95. The number of benzene rings is 1. The first-order valence-corrected chi connectivity index (χ1v) is 9.64. The number of ether oxygens (including phenoxy) is 2. The largest absolute Gasteiger partial charge is 0.443 e. The Hall–Kier alpha value is -2.42. The fourth-order valence-corrected chi connectivity index (χ4v) is 3.96. The first-order valence-electron chi connectivity index (χ1n) is 8.38. The van der Waals surface area contributed by atoms with Crippen molar-refractivity contribution in [1.29, 1.82) is 0 Å². The molecule has 0 saturated carbocycles. The molecule has 0 unspecified atom stereocenters. The fraction of sp³-hybridized carbons (Fsp3) is 0.278. The second-order valence-electron chi connectivity index (χ2n) is 5.94. The number of halogens is 1. The molecule has 1 amide bonds. The van der Waals surface area contributed by atoms with E-state index in [9.17, 15) is 9.59 Å². The molecule has 0 spiro atoms. The monoisotopic (exact) mass is 405 g/mol. The van der Waals surface area contributed by atoms with Crippen LogP contribution in [0, 0.1) is 0 Å². The number of nitrogens with zero attached hydrogens (tertiary/aromatic N) is 3. The highest BCUT2D eigenvalue weighted by molar-refractivity contribution is 7.15. The molecule has 0 aliphatic carbocycles. The van der Waals surface area contributed by atoms with Crippen LogP contribution >= 0.6 is 22.9 Å². The Kier molecular flexibility index (Phi) is 5.11. The van der Waals surface area contributed by atoms with E-state index in [1.165, 1.54) is 11.3 Å². The number of hydrogen-bond donors (Lipinski definition) is 0. The van der Waals surface area contributed by atoms with Crippen molar-refractivity contribution < 1.29 is 19.1 Å². The number of amides is 1. The van der Waals surface area contributed by atoms with Crippen LogP contribution in [0.15, 0.2) is 41.9 Å². The van der Waals surface area contributed by atoms with Gasteiger partial charge in [-0.15, -0.1) is 11.3 Å². The third-order valence-corrected chi connectivity index (χ3v) is 5.31. The van der Waals surface area contributed by atoms with Crippen molar-refractivity contribution in [2.24, 2.45) is 0 Å². The lowest BCUT2D eigenvalue weighted by molar-refractivity contribution is -0.145. The number of morpholine rings is 1. The highest BCUT2D eigenvalue weighted by atomic mass is 35.5. The topological polar surface area (TPSA) is 73.1 Å². The Morgan fingerprint density at radius 3 is 2.70 bits per heavy atom. The number of thiazole rings is 1. The van der Waals surface area contributed by atoms with Crippen LogP contribution in [-0.4, -0.2) is 52.5 Å². The van der Waals surface area contributed by atoms with Gasteiger partial charge in [0.05, 0.1) is 13.2 Å². The van der Waals surface area contributed by atoms with E-state index in [1.807, 2.05) is 6.07 Å². The summed E-state index contributed by atoms with van der Waals surface area (Å²) >= 11 is 7.48. The highest BCUT2D eigenvalue weighted by Crippen LogP contribution is 2.26. The van der Waals surface area contributed by atoms with Gasteiger partial charge in [-0.3, -0.25) is 9.20 Å². The van der Waals surface area contributed by atoms with Crippen LogP contribution < -0.4 is 0 Å². The number of aromatic nitrogens is 2. The summed E-state index contributed by atoms with van der Waals surface area (Å²) in [6.45, 7) is 1.85. The van der Waals surface area contributed by atoms with E-state index in [4.69, 9.17) is 21.1 Å². The average Bonchev–Trinajstić information content (AvgIpc) is 3.26. The normalized spacial score (nSPS) is 15.7.